The first-order valence-electron chi connectivity index (χ1n) is 8.10. The van der Waals surface area contributed by atoms with Crippen LogP contribution in [-0.4, -0.2) is 22.7 Å². The molecule has 3 aromatic rings. The SMILES string of the molecule is Cc1cccc(Oc2ccc(NC(=O)COCc3nc(C)no3)cc2)c1. The highest BCUT2D eigenvalue weighted by Gasteiger charge is 2.07. The second-order valence-electron chi connectivity index (χ2n) is 5.72. The Labute approximate surface area is 150 Å². The number of amides is 1. The van der Waals surface area contributed by atoms with Crippen molar-refractivity contribution >= 4 is 11.6 Å². The summed E-state index contributed by atoms with van der Waals surface area (Å²) in [7, 11) is 0. The Balaban J connectivity index is 1.46. The minimum atomic E-state index is -0.270. The maximum absolute atomic E-state index is 11.9. The van der Waals surface area contributed by atoms with Gasteiger partial charge in [0.1, 0.15) is 24.7 Å². The molecule has 1 aromatic heterocycles. The maximum atomic E-state index is 11.9. The van der Waals surface area contributed by atoms with Crippen LogP contribution in [0.3, 0.4) is 0 Å². The highest BCUT2D eigenvalue weighted by Crippen LogP contribution is 2.23. The van der Waals surface area contributed by atoms with Gasteiger partial charge in [0.2, 0.25) is 5.91 Å². The van der Waals surface area contributed by atoms with Crippen molar-refractivity contribution in [1.29, 1.82) is 0 Å². The van der Waals surface area contributed by atoms with E-state index < -0.39 is 0 Å². The third kappa shape index (κ3) is 5.15. The number of nitrogens with zero attached hydrogens (tertiary/aromatic N) is 2. The molecule has 0 aliphatic carbocycles. The van der Waals surface area contributed by atoms with Crippen LogP contribution >= 0.6 is 0 Å². The van der Waals surface area contributed by atoms with Crippen molar-refractivity contribution in [1.82, 2.24) is 10.1 Å². The monoisotopic (exact) mass is 353 g/mol. The van der Waals surface area contributed by atoms with Gasteiger partial charge in [-0.05, 0) is 55.8 Å². The quantitative estimate of drug-likeness (QED) is 0.698. The van der Waals surface area contributed by atoms with E-state index in [2.05, 4.69) is 15.5 Å². The summed E-state index contributed by atoms with van der Waals surface area (Å²) in [6.45, 7) is 3.71. The largest absolute Gasteiger partial charge is 0.457 e. The van der Waals surface area contributed by atoms with E-state index in [1.165, 1.54) is 0 Å². The number of aryl methyl sites for hydroxylation is 2. The van der Waals surface area contributed by atoms with Gasteiger partial charge in [-0.3, -0.25) is 4.79 Å². The smallest absolute Gasteiger partial charge is 0.252 e. The maximum Gasteiger partial charge on any atom is 0.252 e. The zero-order valence-corrected chi connectivity index (χ0v) is 14.6. The number of rotatable bonds is 7. The van der Waals surface area contributed by atoms with Gasteiger partial charge in [-0.1, -0.05) is 17.3 Å². The molecule has 0 spiro atoms. The molecule has 0 unspecified atom stereocenters. The number of hydrogen-bond donors (Lipinski definition) is 1. The van der Waals surface area contributed by atoms with Crippen molar-refractivity contribution in [2.75, 3.05) is 11.9 Å². The molecule has 0 fully saturated rings. The van der Waals surface area contributed by atoms with E-state index in [9.17, 15) is 4.79 Å². The molecule has 26 heavy (non-hydrogen) atoms. The van der Waals surface area contributed by atoms with Crippen LogP contribution in [-0.2, 0) is 16.1 Å². The fraction of sp³-hybridized carbons (Fsp3) is 0.211. The Morgan fingerprint density at radius 2 is 1.92 bits per heavy atom. The fourth-order valence-electron chi connectivity index (χ4n) is 2.25. The van der Waals surface area contributed by atoms with Crippen LogP contribution in [0.5, 0.6) is 11.5 Å². The number of nitrogens with one attached hydrogen (secondary N) is 1. The molecule has 0 saturated carbocycles. The second kappa shape index (κ2) is 8.26. The highest BCUT2D eigenvalue weighted by atomic mass is 16.5. The molecule has 3 rings (SSSR count). The number of ether oxygens (including phenoxy) is 2. The third-order valence-corrected chi connectivity index (χ3v) is 3.39. The first kappa shape index (κ1) is 17.6. The van der Waals surface area contributed by atoms with Crippen LogP contribution in [0.4, 0.5) is 5.69 Å². The van der Waals surface area contributed by atoms with E-state index in [1.807, 2.05) is 31.2 Å². The van der Waals surface area contributed by atoms with E-state index in [0.717, 1.165) is 11.3 Å². The number of carbonyl (C=O) groups excluding carboxylic acids is 1. The molecule has 7 heteroatoms. The molecular formula is C19H19N3O4. The number of benzene rings is 2. The van der Waals surface area contributed by atoms with Gasteiger partial charge in [-0.2, -0.15) is 4.98 Å². The van der Waals surface area contributed by atoms with Crippen molar-refractivity contribution in [2.45, 2.75) is 20.5 Å². The van der Waals surface area contributed by atoms with Crippen LogP contribution in [0.1, 0.15) is 17.3 Å². The predicted molar refractivity (Wildman–Crippen MR) is 95.0 cm³/mol. The molecule has 1 heterocycles. The van der Waals surface area contributed by atoms with Gasteiger partial charge < -0.3 is 19.3 Å². The van der Waals surface area contributed by atoms with Crippen LogP contribution in [0.2, 0.25) is 0 Å². The van der Waals surface area contributed by atoms with Crippen molar-refractivity contribution in [2.24, 2.45) is 0 Å². The summed E-state index contributed by atoms with van der Waals surface area (Å²) in [5, 5.41) is 6.39. The summed E-state index contributed by atoms with van der Waals surface area (Å²) in [4.78, 5) is 15.9. The molecule has 7 nitrogen and oxygen atoms in total. The minimum Gasteiger partial charge on any atom is -0.457 e. The summed E-state index contributed by atoms with van der Waals surface area (Å²) in [6, 6.07) is 14.9. The number of carbonyl (C=O) groups is 1. The van der Waals surface area contributed by atoms with Crippen molar-refractivity contribution in [3.63, 3.8) is 0 Å². The van der Waals surface area contributed by atoms with E-state index in [4.69, 9.17) is 14.0 Å². The van der Waals surface area contributed by atoms with Gasteiger partial charge in [0, 0.05) is 5.69 Å². The van der Waals surface area contributed by atoms with Gasteiger partial charge in [0.05, 0.1) is 0 Å². The summed E-state index contributed by atoms with van der Waals surface area (Å²) in [5.74, 6) is 2.06. The molecule has 134 valence electrons. The van der Waals surface area contributed by atoms with Gasteiger partial charge in [-0.15, -0.1) is 0 Å². The number of aromatic nitrogens is 2. The summed E-state index contributed by atoms with van der Waals surface area (Å²) < 4.78 is 15.9. The van der Waals surface area contributed by atoms with Gasteiger partial charge in [0.25, 0.3) is 5.89 Å². The minimum absolute atomic E-state index is 0.0948. The van der Waals surface area contributed by atoms with Gasteiger partial charge in [-0.25, -0.2) is 0 Å². The Bertz CT molecular complexity index is 875. The molecule has 0 aliphatic heterocycles. The summed E-state index contributed by atoms with van der Waals surface area (Å²) in [5.41, 5.74) is 1.78. The molecule has 0 radical (unpaired) electrons. The molecule has 1 N–H and O–H groups in total. The molecular weight excluding hydrogens is 334 g/mol. The van der Waals surface area contributed by atoms with E-state index in [1.54, 1.807) is 31.2 Å². The van der Waals surface area contributed by atoms with Gasteiger partial charge in [0.15, 0.2) is 5.82 Å². The molecule has 1 amide bonds. The average molecular weight is 353 g/mol. The summed E-state index contributed by atoms with van der Waals surface area (Å²) >= 11 is 0. The lowest BCUT2D eigenvalue weighted by molar-refractivity contribution is -0.121. The number of hydrogen-bond acceptors (Lipinski definition) is 6. The predicted octanol–water partition coefficient (Wildman–Crippen LogP) is 3.63. The van der Waals surface area contributed by atoms with E-state index in [0.29, 0.717) is 23.2 Å². The first-order chi connectivity index (χ1) is 12.6. The topological polar surface area (TPSA) is 86.5 Å². The lowest BCUT2D eigenvalue weighted by Crippen LogP contribution is -2.18. The zero-order chi connectivity index (χ0) is 18.4. The molecule has 0 saturated heterocycles. The molecule has 0 aliphatic rings. The highest BCUT2D eigenvalue weighted by molar-refractivity contribution is 5.91. The Morgan fingerprint density at radius 3 is 2.62 bits per heavy atom. The normalized spacial score (nSPS) is 10.5. The number of anilines is 1. The lowest BCUT2D eigenvalue weighted by atomic mass is 10.2. The standard InChI is InChI=1S/C19H19N3O4/c1-13-4-3-5-17(10-13)25-16-8-6-15(7-9-16)21-18(23)11-24-12-19-20-14(2)22-26-19/h3-10H,11-12H2,1-2H3,(H,21,23). The zero-order valence-electron chi connectivity index (χ0n) is 14.6. The van der Waals surface area contributed by atoms with Crippen molar-refractivity contribution in [3.05, 3.63) is 65.8 Å². The first-order valence-corrected chi connectivity index (χ1v) is 8.10. The van der Waals surface area contributed by atoms with Crippen molar-refractivity contribution in [3.8, 4) is 11.5 Å². The fourth-order valence-corrected chi connectivity index (χ4v) is 2.25. The van der Waals surface area contributed by atoms with E-state index in [-0.39, 0.29) is 19.1 Å². The molecule has 0 bridgehead atoms. The third-order valence-electron chi connectivity index (χ3n) is 3.39. The Morgan fingerprint density at radius 1 is 1.12 bits per heavy atom. The Kier molecular flexibility index (Phi) is 5.60. The molecule has 2 aromatic carbocycles. The van der Waals surface area contributed by atoms with Crippen LogP contribution in [0.15, 0.2) is 53.1 Å². The Hall–Kier alpha value is -3.19. The lowest BCUT2D eigenvalue weighted by Gasteiger charge is -2.08. The van der Waals surface area contributed by atoms with Crippen LogP contribution in [0.25, 0.3) is 0 Å². The van der Waals surface area contributed by atoms with Crippen LogP contribution in [0, 0.1) is 13.8 Å². The summed E-state index contributed by atoms with van der Waals surface area (Å²) in [6.07, 6.45) is 0. The van der Waals surface area contributed by atoms with Crippen molar-refractivity contribution < 1.29 is 18.8 Å². The molecule has 0 atom stereocenters. The van der Waals surface area contributed by atoms with Crippen LogP contribution < -0.4 is 10.1 Å². The average Bonchev–Trinajstić information content (AvgIpc) is 3.02. The van der Waals surface area contributed by atoms with E-state index >= 15 is 0 Å². The second-order valence-corrected chi connectivity index (χ2v) is 5.72. The van der Waals surface area contributed by atoms with Gasteiger partial charge >= 0.3 is 0 Å².